The van der Waals surface area contributed by atoms with Crippen molar-refractivity contribution < 1.29 is 28.2 Å². The maximum atomic E-state index is 13.3. The van der Waals surface area contributed by atoms with E-state index in [1.54, 1.807) is 30.3 Å². The zero-order valence-corrected chi connectivity index (χ0v) is 19.1. The summed E-state index contributed by atoms with van der Waals surface area (Å²) in [6.45, 7) is 0. The SMILES string of the molecule is COC(=O)N(c1cc2cc(-c3ccccc3)ccc2o1)c1ccc(-c2ccc(F)cc2)cc1C(=O)O. The van der Waals surface area contributed by atoms with E-state index in [-0.39, 0.29) is 17.1 Å². The summed E-state index contributed by atoms with van der Waals surface area (Å²) in [5, 5.41) is 10.7. The number of nitrogens with zero attached hydrogens (tertiary/aromatic N) is 1. The second-order valence-corrected chi connectivity index (χ2v) is 8.05. The van der Waals surface area contributed by atoms with E-state index in [4.69, 9.17) is 9.15 Å². The summed E-state index contributed by atoms with van der Waals surface area (Å²) in [5.41, 5.74) is 3.63. The largest absolute Gasteiger partial charge is 0.478 e. The Kier molecular flexibility index (Phi) is 5.96. The third-order valence-corrected chi connectivity index (χ3v) is 5.83. The van der Waals surface area contributed by atoms with Crippen LogP contribution in [0.1, 0.15) is 10.4 Å². The molecule has 1 amide bonds. The normalized spacial score (nSPS) is 10.8. The first kappa shape index (κ1) is 22.9. The third kappa shape index (κ3) is 4.30. The molecule has 5 rings (SSSR count). The van der Waals surface area contributed by atoms with Gasteiger partial charge in [-0.15, -0.1) is 0 Å². The van der Waals surface area contributed by atoms with Crippen LogP contribution >= 0.6 is 0 Å². The first-order valence-electron chi connectivity index (χ1n) is 11.0. The van der Waals surface area contributed by atoms with Gasteiger partial charge in [0, 0.05) is 11.5 Å². The third-order valence-electron chi connectivity index (χ3n) is 5.83. The van der Waals surface area contributed by atoms with E-state index in [9.17, 15) is 19.1 Å². The molecule has 1 heterocycles. The van der Waals surface area contributed by atoms with Gasteiger partial charge in [-0.05, 0) is 58.7 Å². The van der Waals surface area contributed by atoms with Crippen LogP contribution in [0.3, 0.4) is 0 Å². The Hall–Kier alpha value is -4.91. The van der Waals surface area contributed by atoms with Crippen molar-refractivity contribution in [1.29, 1.82) is 0 Å². The number of ether oxygens (including phenoxy) is 1. The molecule has 0 aliphatic carbocycles. The number of carbonyl (C=O) groups excluding carboxylic acids is 1. The van der Waals surface area contributed by atoms with Gasteiger partial charge in [-0.25, -0.2) is 18.9 Å². The Bertz CT molecular complexity index is 1580. The Morgan fingerprint density at radius 3 is 2.14 bits per heavy atom. The van der Waals surface area contributed by atoms with Crippen LogP contribution < -0.4 is 4.90 Å². The van der Waals surface area contributed by atoms with Crippen molar-refractivity contribution in [2.24, 2.45) is 0 Å². The van der Waals surface area contributed by atoms with Crippen LogP contribution in [0, 0.1) is 5.82 Å². The Labute approximate surface area is 205 Å². The molecule has 0 spiro atoms. The van der Waals surface area contributed by atoms with Gasteiger partial charge >= 0.3 is 12.1 Å². The first-order valence-corrected chi connectivity index (χ1v) is 11.0. The van der Waals surface area contributed by atoms with E-state index in [0.717, 1.165) is 21.4 Å². The predicted molar refractivity (Wildman–Crippen MR) is 135 cm³/mol. The smallest absolute Gasteiger partial charge is 0.421 e. The highest BCUT2D eigenvalue weighted by Gasteiger charge is 2.27. The molecule has 0 unspecified atom stereocenters. The van der Waals surface area contributed by atoms with Gasteiger partial charge in [-0.2, -0.15) is 0 Å². The molecule has 6 nitrogen and oxygen atoms in total. The standard InChI is InChI=1S/C29H20FNO5/c1-35-29(34)31(25-13-9-21(16-24(25)28(32)33)19-7-11-23(30)12-8-19)27-17-22-15-20(10-14-26(22)36-27)18-5-3-2-4-6-18/h2-17H,1H3,(H,32,33). The number of halogens is 1. The van der Waals surface area contributed by atoms with Gasteiger partial charge in [-0.3, -0.25) is 0 Å². The molecular formula is C29H20FNO5. The molecule has 5 aromatic rings. The zero-order valence-electron chi connectivity index (χ0n) is 19.1. The van der Waals surface area contributed by atoms with Crippen molar-refractivity contribution in [1.82, 2.24) is 0 Å². The first-order chi connectivity index (χ1) is 17.4. The van der Waals surface area contributed by atoms with Crippen LogP contribution in [-0.4, -0.2) is 24.3 Å². The van der Waals surface area contributed by atoms with Crippen LogP contribution in [0.15, 0.2) is 101 Å². The average molecular weight is 481 g/mol. The minimum absolute atomic E-state index is 0.0718. The van der Waals surface area contributed by atoms with Crippen molar-refractivity contribution in [2.45, 2.75) is 0 Å². The second kappa shape index (κ2) is 9.38. The lowest BCUT2D eigenvalue weighted by Gasteiger charge is -2.21. The number of benzene rings is 4. The van der Waals surface area contributed by atoms with Gasteiger partial charge in [0.05, 0.1) is 18.4 Å². The molecule has 178 valence electrons. The molecule has 0 radical (unpaired) electrons. The number of fused-ring (bicyclic) bond motifs is 1. The number of aromatic carboxylic acids is 1. The summed E-state index contributed by atoms with van der Waals surface area (Å²) in [4.78, 5) is 26.1. The fourth-order valence-corrected chi connectivity index (χ4v) is 4.07. The molecule has 4 aromatic carbocycles. The summed E-state index contributed by atoms with van der Waals surface area (Å²) >= 11 is 0. The molecule has 1 aromatic heterocycles. The highest BCUT2D eigenvalue weighted by Crippen LogP contribution is 2.37. The maximum absolute atomic E-state index is 13.3. The summed E-state index contributed by atoms with van der Waals surface area (Å²) in [7, 11) is 1.21. The molecule has 0 fully saturated rings. The summed E-state index contributed by atoms with van der Waals surface area (Å²) in [5.74, 6) is -1.53. The van der Waals surface area contributed by atoms with Gasteiger partial charge in [-0.1, -0.05) is 54.6 Å². The van der Waals surface area contributed by atoms with Crippen LogP contribution in [0.4, 0.5) is 20.8 Å². The summed E-state index contributed by atoms with van der Waals surface area (Å²) in [6, 6.07) is 27.4. The predicted octanol–water partition coefficient (Wildman–Crippen LogP) is 7.51. The number of hydrogen-bond acceptors (Lipinski definition) is 4. The molecule has 0 saturated carbocycles. The van der Waals surface area contributed by atoms with Crippen LogP contribution in [0.5, 0.6) is 0 Å². The molecule has 1 N–H and O–H groups in total. The lowest BCUT2D eigenvalue weighted by molar-refractivity contribution is 0.0698. The summed E-state index contributed by atoms with van der Waals surface area (Å²) < 4.78 is 24.3. The molecular weight excluding hydrogens is 461 g/mol. The molecule has 0 aliphatic heterocycles. The quantitative estimate of drug-likeness (QED) is 0.281. The highest BCUT2D eigenvalue weighted by atomic mass is 19.1. The van der Waals surface area contributed by atoms with Gasteiger partial charge in [0.25, 0.3) is 0 Å². The van der Waals surface area contributed by atoms with E-state index in [2.05, 4.69) is 0 Å². The monoisotopic (exact) mass is 481 g/mol. The molecule has 0 saturated heterocycles. The number of hydrogen-bond donors (Lipinski definition) is 1. The number of carboxylic acid groups (broad SMARTS) is 1. The van der Waals surface area contributed by atoms with E-state index >= 15 is 0 Å². The minimum atomic E-state index is -1.25. The van der Waals surface area contributed by atoms with E-state index in [0.29, 0.717) is 16.7 Å². The number of furan rings is 1. The van der Waals surface area contributed by atoms with Crippen molar-refractivity contribution in [3.8, 4) is 22.3 Å². The van der Waals surface area contributed by atoms with Crippen molar-refractivity contribution in [2.75, 3.05) is 12.0 Å². The van der Waals surface area contributed by atoms with E-state index < -0.39 is 17.9 Å². The molecule has 36 heavy (non-hydrogen) atoms. The Morgan fingerprint density at radius 1 is 0.806 bits per heavy atom. The van der Waals surface area contributed by atoms with E-state index in [1.807, 2.05) is 42.5 Å². The molecule has 0 bridgehead atoms. The molecule has 0 aliphatic rings. The lowest BCUT2D eigenvalue weighted by atomic mass is 10.0. The topological polar surface area (TPSA) is 80.0 Å². The number of anilines is 2. The number of methoxy groups -OCH3 is 1. The molecule has 7 heteroatoms. The lowest BCUT2D eigenvalue weighted by Crippen LogP contribution is -2.27. The number of carbonyl (C=O) groups is 2. The van der Waals surface area contributed by atoms with Crippen LogP contribution in [-0.2, 0) is 4.74 Å². The van der Waals surface area contributed by atoms with Crippen molar-refractivity contribution in [3.05, 3.63) is 108 Å². The van der Waals surface area contributed by atoms with Gasteiger partial charge < -0.3 is 14.3 Å². The van der Waals surface area contributed by atoms with Gasteiger partial charge in [0.1, 0.15) is 11.4 Å². The number of amides is 1. The van der Waals surface area contributed by atoms with Crippen LogP contribution in [0.2, 0.25) is 0 Å². The average Bonchev–Trinajstić information content (AvgIpc) is 3.32. The fourth-order valence-electron chi connectivity index (χ4n) is 4.07. The van der Waals surface area contributed by atoms with Crippen LogP contribution in [0.25, 0.3) is 33.2 Å². The highest BCUT2D eigenvalue weighted by molar-refractivity contribution is 6.05. The Balaban J connectivity index is 1.61. The van der Waals surface area contributed by atoms with Gasteiger partial charge in [0.15, 0.2) is 0 Å². The number of rotatable bonds is 5. The minimum Gasteiger partial charge on any atom is -0.478 e. The fraction of sp³-hybridized carbons (Fsp3) is 0.0345. The zero-order chi connectivity index (χ0) is 25.2. The van der Waals surface area contributed by atoms with Gasteiger partial charge in [0.2, 0.25) is 5.88 Å². The second-order valence-electron chi connectivity index (χ2n) is 8.05. The summed E-state index contributed by atoms with van der Waals surface area (Å²) in [6.07, 6.45) is -0.811. The molecule has 0 atom stereocenters. The van der Waals surface area contributed by atoms with Crippen molar-refractivity contribution in [3.63, 3.8) is 0 Å². The van der Waals surface area contributed by atoms with E-state index in [1.165, 1.54) is 31.4 Å². The van der Waals surface area contributed by atoms with Crippen molar-refractivity contribution >= 4 is 34.6 Å². The number of carboxylic acids is 1. The Morgan fingerprint density at radius 2 is 1.44 bits per heavy atom. The maximum Gasteiger partial charge on any atom is 0.421 e.